The van der Waals surface area contributed by atoms with E-state index in [1.54, 1.807) is 18.2 Å². The van der Waals surface area contributed by atoms with E-state index in [1.165, 1.54) is 4.90 Å². The monoisotopic (exact) mass is 510 g/mol. The van der Waals surface area contributed by atoms with Crippen LogP contribution in [0.25, 0.3) is 6.08 Å². The predicted molar refractivity (Wildman–Crippen MR) is 128 cm³/mol. The molecule has 0 aliphatic carbocycles. The molecule has 3 amide bonds. The molecule has 0 saturated carbocycles. The quantitative estimate of drug-likeness (QED) is 0.322. The molecule has 162 valence electrons. The fourth-order valence-corrected chi connectivity index (χ4v) is 3.97. The zero-order valence-corrected chi connectivity index (χ0v) is 19.6. The summed E-state index contributed by atoms with van der Waals surface area (Å²) in [7, 11) is 0. The molecule has 0 unspecified atom stereocenters. The van der Waals surface area contributed by atoms with Gasteiger partial charge in [0.2, 0.25) is 0 Å². The van der Waals surface area contributed by atoms with Crippen LogP contribution in [0.3, 0.4) is 0 Å². The minimum absolute atomic E-state index is 0.198. The first kappa shape index (κ1) is 22.1. The van der Waals surface area contributed by atoms with Gasteiger partial charge in [0.1, 0.15) is 18.1 Å². The van der Waals surface area contributed by atoms with Crippen LogP contribution in [0.1, 0.15) is 22.3 Å². The van der Waals surface area contributed by atoms with Gasteiger partial charge in [-0.2, -0.15) is 0 Å². The summed E-state index contributed by atoms with van der Waals surface area (Å²) < 4.78 is 6.80. The zero-order valence-electron chi connectivity index (χ0n) is 17.3. The first-order chi connectivity index (χ1) is 15.4. The summed E-state index contributed by atoms with van der Waals surface area (Å²) in [6, 6.07) is 20.2. The zero-order chi connectivity index (χ0) is 22.7. The summed E-state index contributed by atoms with van der Waals surface area (Å²) in [5.41, 5.74) is 3.67. The van der Waals surface area contributed by atoms with Crippen LogP contribution in [-0.4, -0.2) is 16.8 Å². The van der Waals surface area contributed by atoms with Gasteiger partial charge in [0, 0.05) is 20.6 Å². The van der Waals surface area contributed by atoms with Crippen molar-refractivity contribution in [1.82, 2.24) is 10.2 Å². The molecule has 1 fully saturated rings. The molecule has 32 heavy (non-hydrogen) atoms. The minimum atomic E-state index is -0.448. The van der Waals surface area contributed by atoms with Gasteiger partial charge in [0.25, 0.3) is 5.91 Å². The molecule has 0 atom stereocenters. The van der Waals surface area contributed by atoms with Crippen molar-refractivity contribution in [2.45, 2.75) is 20.1 Å². The van der Waals surface area contributed by atoms with E-state index in [0.29, 0.717) is 16.3 Å². The summed E-state index contributed by atoms with van der Waals surface area (Å²) in [6.07, 6.45) is 1.63. The molecule has 1 aliphatic rings. The fraction of sp³-hybridized carbons (Fsp3) is 0.120. The Morgan fingerprint density at radius 2 is 1.88 bits per heavy atom. The first-order valence-corrected chi connectivity index (χ1v) is 11.1. The van der Waals surface area contributed by atoms with E-state index in [9.17, 15) is 9.59 Å². The minimum Gasteiger partial charge on any atom is -0.488 e. The van der Waals surface area contributed by atoms with E-state index >= 15 is 0 Å². The lowest BCUT2D eigenvalue weighted by molar-refractivity contribution is -0.123. The number of ether oxygens (including phenoxy) is 1. The predicted octanol–water partition coefficient (Wildman–Crippen LogP) is 6.08. The maximum absolute atomic E-state index is 12.9. The van der Waals surface area contributed by atoms with E-state index in [0.717, 1.165) is 21.2 Å². The normalized spacial score (nSPS) is 14.7. The lowest BCUT2D eigenvalue weighted by atomic mass is 10.1. The molecule has 4 rings (SSSR count). The number of halogens is 2. The number of urea groups is 1. The third-order valence-electron chi connectivity index (χ3n) is 5.00. The molecule has 1 saturated heterocycles. The third-order valence-corrected chi connectivity index (χ3v) is 5.86. The van der Waals surface area contributed by atoms with Crippen molar-refractivity contribution in [3.05, 3.63) is 104 Å². The van der Waals surface area contributed by atoms with Gasteiger partial charge in [0.15, 0.2) is 0 Å². The molecule has 0 spiro atoms. The topological polar surface area (TPSA) is 58.6 Å². The summed E-state index contributed by atoms with van der Waals surface area (Å²) in [5.74, 6) is 0.188. The molecule has 3 aromatic carbocycles. The van der Waals surface area contributed by atoms with E-state index in [1.807, 2.05) is 61.5 Å². The van der Waals surface area contributed by atoms with Crippen molar-refractivity contribution in [2.24, 2.45) is 0 Å². The maximum atomic E-state index is 12.9. The van der Waals surface area contributed by atoms with Crippen molar-refractivity contribution in [3.63, 3.8) is 0 Å². The van der Waals surface area contributed by atoms with Crippen molar-refractivity contribution < 1.29 is 14.3 Å². The summed E-state index contributed by atoms with van der Waals surface area (Å²) in [5, 5.41) is 3.29. The van der Waals surface area contributed by atoms with Crippen LogP contribution >= 0.6 is 27.5 Å². The van der Waals surface area contributed by atoms with Crippen molar-refractivity contribution in [3.8, 4) is 5.75 Å². The summed E-state index contributed by atoms with van der Waals surface area (Å²) >= 11 is 9.68. The Bertz CT molecular complexity index is 1230. The van der Waals surface area contributed by atoms with Crippen LogP contribution in [0.4, 0.5) is 4.79 Å². The Morgan fingerprint density at radius 3 is 2.66 bits per heavy atom. The maximum Gasteiger partial charge on any atom is 0.329 e. The van der Waals surface area contributed by atoms with Crippen LogP contribution in [0.5, 0.6) is 5.75 Å². The molecular weight excluding hydrogens is 492 g/mol. The van der Waals surface area contributed by atoms with Gasteiger partial charge in [0.05, 0.1) is 6.54 Å². The standard InChI is InChI=1S/C25H20BrClN2O3/c1-16-5-4-6-17(11-16)14-29-24(30)22(28-25(29)31)13-19-12-20(26)9-10-23(19)32-15-18-7-2-3-8-21(18)27/h2-13H,14-15H2,1H3,(H,28,31)/b22-13+. The van der Waals surface area contributed by atoms with Crippen molar-refractivity contribution in [1.29, 1.82) is 0 Å². The highest BCUT2D eigenvalue weighted by atomic mass is 79.9. The molecule has 7 heteroatoms. The first-order valence-electron chi connectivity index (χ1n) is 9.96. The highest BCUT2D eigenvalue weighted by Gasteiger charge is 2.33. The van der Waals surface area contributed by atoms with Gasteiger partial charge in [-0.1, -0.05) is 75.6 Å². The second-order valence-corrected chi connectivity index (χ2v) is 8.75. The number of hydrogen-bond donors (Lipinski definition) is 1. The number of nitrogens with one attached hydrogen (secondary N) is 1. The van der Waals surface area contributed by atoms with Gasteiger partial charge < -0.3 is 10.1 Å². The smallest absolute Gasteiger partial charge is 0.329 e. The average molecular weight is 512 g/mol. The van der Waals surface area contributed by atoms with Crippen molar-refractivity contribution in [2.75, 3.05) is 0 Å². The Morgan fingerprint density at radius 1 is 1.06 bits per heavy atom. The molecule has 3 aromatic rings. The lowest BCUT2D eigenvalue weighted by Gasteiger charge is -2.12. The number of carbonyl (C=O) groups excluding carboxylic acids is 2. The second-order valence-electron chi connectivity index (χ2n) is 7.43. The Labute approximate surface area is 199 Å². The highest BCUT2D eigenvalue weighted by molar-refractivity contribution is 9.10. The number of rotatable bonds is 6. The molecule has 5 nitrogen and oxygen atoms in total. The molecule has 1 heterocycles. The molecule has 0 aromatic heterocycles. The number of carbonyl (C=O) groups is 2. The van der Waals surface area contributed by atoms with Crippen LogP contribution in [0, 0.1) is 6.92 Å². The Kier molecular flexibility index (Phi) is 6.63. The van der Waals surface area contributed by atoms with E-state index in [2.05, 4.69) is 21.2 Å². The van der Waals surface area contributed by atoms with Crippen LogP contribution in [-0.2, 0) is 17.9 Å². The van der Waals surface area contributed by atoms with Gasteiger partial charge >= 0.3 is 6.03 Å². The summed E-state index contributed by atoms with van der Waals surface area (Å²) in [4.78, 5) is 26.6. The van der Waals surface area contributed by atoms with Gasteiger partial charge in [-0.25, -0.2) is 4.79 Å². The van der Waals surface area contributed by atoms with Crippen LogP contribution in [0.15, 0.2) is 76.9 Å². The Balaban J connectivity index is 1.56. The van der Waals surface area contributed by atoms with Crippen LogP contribution < -0.4 is 10.1 Å². The summed E-state index contributed by atoms with van der Waals surface area (Å²) in [6.45, 7) is 2.45. The van der Waals surface area contributed by atoms with Gasteiger partial charge in [-0.3, -0.25) is 9.69 Å². The highest BCUT2D eigenvalue weighted by Crippen LogP contribution is 2.28. The van der Waals surface area contributed by atoms with E-state index in [-0.39, 0.29) is 24.8 Å². The number of amides is 3. The number of imide groups is 1. The Hall–Kier alpha value is -3.09. The van der Waals surface area contributed by atoms with Crippen molar-refractivity contribution >= 4 is 45.5 Å². The number of nitrogens with zero attached hydrogens (tertiary/aromatic N) is 1. The lowest BCUT2D eigenvalue weighted by Crippen LogP contribution is -2.30. The molecule has 0 bridgehead atoms. The number of benzene rings is 3. The number of aryl methyl sites for hydroxylation is 1. The van der Waals surface area contributed by atoms with Gasteiger partial charge in [-0.15, -0.1) is 0 Å². The van der Waals surface area contributed by atoms with Crippen LogP contribution in [0.2, 0.25) is 5.02 Å². The van der Waals surface area contributed by atoms with E-state index < -0.39 is 6.03 Å². The second kappa shape index (κ2) is 9.59. The van der Waals surface area contributed by atoms with E-state index in [4.69, 9.17) is 16.3 Å². The fourth-order valence-electron chi connectivity index (χ4n) is 3.40. The average Bonchev–Trinajstić information content (AvgIpc) is 3.02. The molecular formula is C25H20BrClN2O3. The largest absolute Gasteiger partial charge is 0.488 e. The molecule has 1 N–H and O–H groups in total. The third kappa shape index (κ3) is 5.03. The molecule has 0 radical (unpaired) electrons. The SMILES string of the molecule is Cc1cccc(CN2C(=O)N/C(=C/c3cc(Br)ccc3OCc3ccccc3Cl)C2=O)c1. The number of hydrogen-bond acceptors (Lipinski definition) is 3. The molecule has 1 aliphatic heterocycles. The van der Waals surface area contributed by atoms with Gasteiger partial charge in [-0.05, 0) is 42.8 Å².